The van der Waals surface area contributed by atoms with E-state index in [2.05, 4.69) is 10.3 Å². The van der Waals surface area contributed by atoms with Crippen molar-refractivity contribution in [1.29, 1.82) is 0 Å². The molecule has 0 aliphatic heterocycles. The predicted octanol–water partition coefficient (Wildman–Crippen LogP) is 4.60. The maximum Gasteiger partial charge on any atom is 0.251 e. The van der Waals surface area contributed by atoms with Crippen molar-refractivity contribution in [3.63, 3.8) is 0 Å². The second-order valence-electron chi connectivity index (χ2n) is 7.74. The molecule has 1 amide bonds. The van der Waals surface area contributed by atoms with Crippen LogP contribution in [0.15, 0.2) is 42.7 Å². The number of halogens is 3. The molecule has 0 bridgehead atoms. The second kappa shape index (κ2) is 6.55. The second-order valence-corrected chi connectivity index (χ2v) is 8.18. The van der Waals surface area contributed by atoms with Crippen LogP contribution in [-0.4, -0.2) is 22.0 Å². The number of imidazole rings is 1. The summed E-state index contributed by atoms with van der Waals surface area (Å²) < 4.78 is 29.0. The number of amides is 1. The summed E-state index contributed by atoms with van der Waals surface area (Å²) in [6.45, 7) is 0.661. The van der Waals surface area contributed by atoms with Crippen molar-refractivity contribution in [2.24, 2.45) is 17.8 Å². The van der Waals surface area contributed by atoms with Crippen LogP contribution in [0.3, 0.4) is 0 Å². The summed E-state index contributed by atoms with van der Waals surface area (Å²) in [6, 6.07) is 9.46. The Bertz CT molecular complexity index is 1050. The van der Waals surface area contributed by atoms with Crippen LogP contribution in [-0.2, 0) is 0 Å². The van der Waals surface area contributed by atoms with Crippen molar-refractivity contribution < 1.29 is 13.6 Å². The number of hydrogen-bond acceptors (Lipinski definition) is 2. The number of carbonyl (C=O) groups excluding carboxylic acids is 1. The molecule has 2 aromatic carbocycles. The molecule has 28 heavy (non-hydrogen) atoms. The maximum atomic E-state index is 13.6. The van der Waals surface area contributed by atoms with Gasteiger partial charge in [0.25, 0.3) is 5.91 Å². The summed E-state index contributed by atoms with van der Waals surface area (Å²) in [7, 11) is 0. The van der Waals surface area contributed by atoms with Crippen LogP contribution in [0, 0.1) is 29.4 Å². The van der Waals surface area contributed by atoms with Gasteiger partial charge in [-0.15, -0.1) is 0 Å². The van der Waals surface area contributed by atoms with Gasteiger partial charge in [-0.2, -0.15) is 0 Å². The number of fused-ring (bicyclic) bond motifs is 2. The molecule has 2 fully saturated rings. The molecule has 0 spiro atoms. The van der Waals surface area contributed by atoms with Crippen molar-refractivity contribution >= 4 is 28.5 Å². The molecule has 144 valence electrons. The zero-order valence-corrected chi connectivity index (χ0v) is 15.7. The molecule has 1 N–H and O–H groups in total. The Balaban J connectivity index is 1.20. The lowest BCUT2D eigenvalue weighted by Gasteiger charge is -2.17. The summed E-state index contributed by atoms with van der Waals surface area (Å²) in [5.74, 6) is -0.215. The van der Waals surface area contributed by atoms with Gasteiger partial charge in [0.15, 0.2) is 11.6 Å². The third kappa shape index (κ3) is 2.96. The third-order valence-electron chi connectivity index (χ3n) is 6.21. The van der Waals surface area contributed by atoms with Crippen molar-refractivity contribution in [3.05, 3.63) is 64.9 Å². The molecular weight excluding hydrogens is 384 g/mol. The molecule has 2 unspecified atom stereocenters. The van der Waals surface area contributed by atoms with Gasteiger partial charge >= 0.3 is 0 Å². The monoisotopic (exact) mass is 401 g/mol. The molecule has 0 radical (unpaired) electrons. The number of carbonyl (C=O) groups is 1. The van der Waals surface area contributed by atoms with E-state index in [9.17, 15) is 13.6 Å². The summed E-state index contributed by atoms with van der Waals surface area (Å²) in [6.07, 6.45) is 3.61. The van der Waals surface area contributed by atoms with E-state index in [1.165, 1.54) is 6.07 Å². The first-order valence-electron chi connectivity index (χ1n) is 9.36. The lowest BCUT2D eigenvalue weighted by Crippen LogP contribution is -2.27. The van der Waals surface area contributed by atoms with Crippen LogP contribution in [0.25, 0.3) is 11.0 Å². The third-order valence-corrected chi connectivity index (χ3v) is 6.46. The van der Waals surface area contributed by atoms with E-state index in [4.69, 9.17) is 11.6 Å². The number of aromatic nitrogens is 2. The van der Waals surface area contributed by atoms with E-state index in [0.717, 1.165) is 18.9 Å². The minimum Gasteiger partial charge on any atom is -0.352 e. The summed E-state index contributed by atoms with van der Waals surface area (Å²) in [5, 5.41) is 3.61. The fourth-order valence-corrected chi connectivity index (χ4v) is 4.83. The van der Waals surface area contributed by atoms with Gasteiger partial charge in [0, 0.05) is 35.3 Å². The van der Waals surface area contributed by atoms with Gasteiger partial charge in [-0.3, -0.25) is 4.79 Å². The predicted molar refractivity (Wildman–Crippen MR) is 102 cm³/mol. The molecule has 2 aliphatic carbocycles. The molecular formula is C21H18ClF2N3O. The average molecular weight is 402 g/mol. The summed E-state index contributed by atoms with van der Waals surface area (Å²) in [4.78, 5) is 16.4. The Morgan fingerprint density at radius 1 is 1.14 bits per heavy atom. The van der Waals surface area contributed by atoms with Crippen molar-refractivity contribution in [3.8, 4) is 0 Å². The van der Waals surface area contributed by atoms with Gasteiger partial charge in [0.05, 0.1) is 17.4 Å². The fourth-order valence-electron chi connectivity index (χ4n) is 4.71. The van der Waals surface area contributed by atoms with Gasteiger partial charge in [-0.05, 0) is 54.9 Å². The Kier molecular flexibility index (Phi) is 4.12. The Morgan fingerprint density at radius 2 is 1.82 bits per heavy atom. The van der Waals surface area contributed by atoms with Crippen LogP contribution >= 0.6 is 11.6 Å². The molecule has 3 aromatic rings. The normalized spacial score (nSPS) is 25.7. The standard InChI is InChI=1S/C21H18ClF2N3O/c22-12-3-1-11(2-4-12)21(28)25-9-16-14-5-13(6-15(14)16)27-10-26-19-7-17(23)18(24)8-20(19)27/h1-4,7-8,10,13-16H,5-6,9H2,(H,25,28)/t13?,14-,15+,16?. The minimum absolute atomic E-state index is 0.0868. The number of benzene rings is 2. The molecule has 5 rings (SSSR count). The zero-order valence-electron chi connectivity index (χ0n) is 14.9. The smallest absolute Gasteiger partial charge is 0.251 e. The minimum atomic E-state index is -0.872. The highest BCUT2D eigenvalue weighted by molar-refractivity contribution is 6.30. The molecule has 2 saturated carbocycles. The molecule has 7 heteroatoms. The van der Waals surface area contributed by atoms with E-state index < -0.39 is 11.6 Å². The summed E-state index contributed by atoms with van der Waals surface area (Å²) >= 11 is 5.85. The number of rotatable bonds is 4. The van der Waals surface area contributed by atoms with Crippen molar-refractivity contribution in [2.75, 3.05) is 6.54 Å². The van der Waals surface area contributed by atoms with Gasteiger partial charge in [-0.1, -0.05) is 11.6 Å². The van der Waals surface area contributed by atoms with Gasteiger partial charge in [0.2, 0.25) is 0 Å². The van der Waals surface area contributed by atoms with Gasteiger partial charge in [-0.25, -0.2) is 13.8 Å². The maximum absolute atomic E-state index is 13.6. The quantitative estimate of drug-likeness (QED) is 0.694. The van der Waals surface area contributed by atoms with Crippen LogP contribution in [0.5, 0.6) is 0 Å². The number of hydrogen-bond donors (Lipinski definition) is 1. The molecule has 1 heterocycles. The van der Waals surface area contributed by atoms with Crippen molar-refractivity contribution in [1.82, 2.24) is 14.9 Å². The topological polar surface area (TPSA) is 46.9 Å². The van der Waals surface area contributed by atoms with E-state index in [1.807, 2.05) is 4.57 Å². The first kappa shape index (κ1) is 17.6. The highest BCUT2D eigenvalue weighted by atomic mass is 35.5. The highest BCUT2D eigenvalue weighted by Crippen LogP contribution is 2.60. The largest absolute Gasteiger partial charge is 0.352 e. The van der Waals surface area contributed by atoms with Crippen LogP contribution in [0.2, 0.25) is 5.02 Å². The van der Waals surface area contributed by atoms with Gasteiger partial charge < -0.3 is 9.88 Å². The zero-order chi connectivity index (χ0) is 19.4. The Labute approximate surface area is 165 Å². The van der Waals surface area contributed by atoms with E-state index >= 15 is 0 Å². The van der Waals surface area contributed by atoms with Crippen LogP contribution in [0.4, 0.5) is 8.78 Å². The lowest BCUT2D eigenvalue weighted by molar-refractivity contribution is 0.0950. The number of nitrogens with one attached hydrogen (secondary N) is 1. The Hall–Kier alpha value is -2.47. The SMILES string of the molecule is O=C(NCC1[C@H]2CC(n3cnc4cc(F)c(F)cc43)C[C@@H]12)c1ccc(Cl)cc1. The fraction of sp³-hybridized carbons (Fsp3) is 0.333. The summed E-state index contributed by atoms with van der Waals surface area (Å²) in [5.41, 5.74) is 1.72. The van der Waals surface area contributed by atoms with Crippen molar-refractivity contribution in [2.45, 2.75) is 18.9 Å². The molecule has 4 nitrogen and oxygen atoms in total. The molecule has 4 atom stereocenters. The van der Waals surface area contributed by atoms with Gasteiger partial charge in [0.1, 0.15) is 0 Å². The first-order chi connectivity index (χ1) is 13.5. The molecule has 2 aliphatic rings. The first-order valence-corrected chi connectivity index (χ1v) is 9.74. The highest BCUT2D eigenvalue weighted by Gasteiger charge is 2.56. The Morgan fingerprint density at radius 3 is 2.54 bits per heavy atom. The van der Waals surface area contributed by atoms with Crippen LogP contribution < -0.4 is 5.32 Å². The average Bonchev–Trinajstić information content (AvgIpc) is 3.00. The number of nitrogens with zero attached hydrogens (tertiary/aromatic N) is 2. The molecule has 0 saturated heterocycles. The van der Waals surface area contributed by atoms with E-state index in [-0.39, 0.29) is 11.9 Å². The van der Waals surface area contributed by atoms with E-state index in [1.54, 1.807) is 30.6 Å². The molecule has 1 aromatic heterocycles. The van der Waals surface area contributed by atoms with E-state index in [0.29, 0.717) is 45.9 Å². The van der Waals surface area contributed by atoms with Crippen LogP contribution in [0.1, 0.15) is 29.2 Å². The lowest BCUT2D eigenvalue weighted by atomic mass is 10.1.